The summed E-state index contributed by atoms with van der Waals surface area (Å²) in [5.74, 6) is -0.110. The van der Waals surface area contributed by atoms with Crippen molar-refractivity contribution in [1.29, 1.82) is 0 Å². The molecule has 1 saturated heterocycles. The molecule has 1 aliphatic rings. The Kier molecular flexibility index (Phi) is 4.82. The van der Waals surface area contributed by atoms with E-state index in [9.17, 15) is 9.59 Å². The molecule has 0 saturated carbocycles. The number of hydrogen-bond donors (Lipinski definition) is 0. The van der Waals surface area contributed by atoms with Crippen molar-refractivity contribution in [1.82, 2.24) is 19.6 Å². The van der Waals surface area contributed by atoms with Crippen molar-refractivity contribution in [2.75, 3.05) is 20.1 Å². The number of carbonyl (C=O) groups excluding carboxylic acids is 2. The Morgan fingerprint density at radius 3 is 2.52 bits per heavy atom. The third kappa shape index (κ3) is 3.92. The predicted molar refractivity (Wildman–Crippen MR) is 88.9 cm³/mol. The Morgan fingerprint density at radius 2 is 2.04 bits per heavy atom. The van der Waals surface area contributed by atoms with E-state index < -0.39 is 0 Å². The topological polar surface area (TPSA) is 58.4 Å². The minimum Gasteiger partial charge on any atom is -0.344 e. The van der Waals surface area contributed by atoms with Gasteiger partial charge in [0.2, 0.25) is 11.8 Å². The van der Waals surface area contributed by atoms with Gasteiger partial charge >= 0.3 is 0 Å². The molecule has 0 aromatic carbocycles. The molecular formula is C17H28N4O2. The molecule has 6 heteroatoms. The van der Waals surface area contributed by atoms with Gasteiger partial charge in [0.1, 0.15) is 0 Å². The van der Waals surface area contributed by atoms with E-state index in [-0.39, 0.29) is 23.3 Å². The van der Waals surface area contributed by atoms with Gasteiger partial charge < -0.3 is 9.80 Å². The zero-order chi connectivity index (χ0) is 17.4. The lowest BCUT2D eigenvalue weighted by Crippen LogP contribution is -2.43. The van der Waals surface area contributed by atoms with Crippen LogP contribution >= 0.6 is 0 Å². The summed E-state index contributed by atoms with van der Waals surface area (Å²) in [6, 6.07) is 2.03. The van der Waals surface area contributed by atoms with Crippen LogP contribution in [0.5, 0.6) is 0 Å². The van der Waals surface area contributed by atoms with Crippen molar-refractivity contribution in [3.8, 4) is 0 Å². The van der Waals surface area contributed by atoms with Gasteiger partial charge in [-0.1, -0.05) is 0 Å². The maximum absolute atomic E-state index is 12.6. The number of aryl methyl sites for hydroxylation is 2. The second kappa shape index (κ2) is 6.34. The SMILES string of the molecule is Cc1cc(C)n(CCN(C)C(=O)C2CC(=O)N(C(C)(C)C)C2)n1. The average molecular weight is 320 g/mol. The van der Waals surface area contributed by atoms with E-state index in [2.05, 4.69) is 5.10 Å². The van der Waals surface area contributed by atoms with Gasteiger partial charge in [0, 0.05) is 37.8 Å². The molecule has 0 radical (unpaired) electrons. The highest BCUT2D eigenvalue weighted by atomic mass is 16.2. The smallest absolute Gasteiger partial charge is 0.227 e. The quantitative estimate of drug-likeness (QED) is 0.847. The highest BCUT2D eigenvalue weighted by Gasteiger charge is 2.40. The zero-order valence-corrected chi connectivity index (χ0v) is 15.1. The standard InChI is InChI=1S/C17H28N4O2/c1-12-9-13(2)21(18-12)8-7-19(6)16(23)14-10-15(22)20(11-14)17(3,4)5/h9,14H,7-8,10-11H2,1-6H3. The van der Waals surface area contributed by atoms with Gasteiger partial charge in [-0.15, -0.1) is 0 Å². The fourth-order valence-electron chi connectivity index (χ4n) is 3.09. The summed E-state index contributed by atoms with van der Waals surface area (Å²) in [5.41, 5.74) is 1.85. The van der Waals surface area contributed by atoms with Crippen LogP contribution in [0, 0.1) is 19.8 Å². The van der Waals surface area contributed by atoms with Crippen molar-refractivity contribution in [2.24, 2.45) is 5.92 Å². The number of carbonyl (C=O) groups is 2. The molecule has 1 unspecified atom stereocenters. The number of likely N-dealkylation sites (N-methyl/N-ethyl adjacent to an activating group) is 1. The van der Waals surface area contributed by atoms with Crippen LogP contribution < -0.4 is 0 Å². The summed E-state index contributed by atoms with van der Waals surface area (Å²) < 4.78 is 1.92. The number of likely N-dealkylation sites (tertiary alicyclic amines) is 1. The molecule has 2 amide bonds. The summed E-state index contributed by atoms with van der Waals surface area (Å²) >= 11 is 0. The number of rotatable bonds is 4. The largest absolute Gasteiger partial charge is 0.344 e. The van der Waals surface area contributed by atoms with Crippen LogP contribution in [0.1, 0.15) is 38.6 Å². The summed E-state index contributed by atoms with van der Waals surface area (Å²) in [7, 11) is 1.80. The Balaban J connectivity index is 1.93. The molecule has 1 fully saturated rings. The molecule has 2 rings (SSSR count). The fourth-order valence-corrected chi connectivity index (χ4v) is 3.09. The molecule has 0 bridgehead atoms. The summed E-state index contributed by atoms with van der Waals surface area (Å²) in [6.45, 7) is 11.8. The molecule has 23 heavy (non-hydrogen) atoms. The zero-order valence-electron chi connectivity index (χ0n) is 15.1. The van der Waals surface area contributed by atoms with Crippen LogP contribution in [0.15, 0.2) is 6.07 Å². The van der Waals surface area contributed by atoms with Gasteiger partial charge in [-0.3, -0.25) is 14.3 Å². The Bertz CT molecular complexity index is 600. The summed E-state index contributed by atoms with van der Waals surface area (Å²) in [4.78, 5) is 28.3. The minimum atomic E-state index is -0.229. The predicted octanol–water partition coefficient (Wildman–Crippen LogP) is 1.61. The first-order valence-electron chi connectivity index (χ1n) is 8.16. The third-order valence-electron chi connectivity index (χ3n) is 4.41. The Labute approximate surface area is 138 Å². The van der Waals surface area contributed by atoms with Gasteiger partial charge in [0.05, 0.1) is 18.2 Å². The van der Waals surface area contributed by atoms with Crippen LogP contribution in [0.3, 0.4) is 0 Å². The van der Waals surface area contributed by atoms with E-state index in [1.54, 1.807) is 11.9 Å². The number of nitrogens with zero attached hydrogens (tertiary/aromatic N) is 4. The van der Waals surface area contributed by atoms with E-state index >= 15 is 0 Å². The van der Waals surface area contributed by atoms with Gasteiger partial charge in [-0.2, -0.15) is 5.10 Å². The van der Waals surface area contributed by atoms with Crippen molar-refractivity contribution < 1.29 is 9.59 Å². The van der Waals surface area contributed by atoms with Crippen LogP contribution in [-0.4, -0.2) is 57.1 Å². The van der Waals surface area contributed by atoms with Gasteiger partial charge in [0.15, 0.2) is 0 Å². The van der Waals surface area contributed by atoms with Gasteiger partial charge in [0.25, 0.3) is 0 Å². The van der Waals surface area contributed by atoms with Gasteiger partial charge in [-0.05, 0) is 40.7 Å². The minimum absolute atomic E-state index is 0.0478. The maximum Gasteiger partial charge on any atom is 0.227 e. The molecule has 128 valence electrons. The molecular weight excluding hydrogens is 292 g/mol. The van der Waals surface area contributed by atoms with Crippen molar-refractivity contribution in [2.45, 2.75) is 53.1 Å². The van der Waals surface area contributed by atoms with Crippen molar-refractivity contribution >= 4 is 11.8 Å². The second-order valence-corrected chi connectivity index (χ2v) is 7.49. The van der Waals surface area contributed by atoms with Crippen molar-refractivity contribution in [3.63, 3.8) is 0 Å². The second-order valence-electron chi connectivity index (χ2n) is 7.49. The van der Waals surface area contributed by atoms with Gasteiger partial charge in [-0.25, -0.2) is 0 Å². The molecule has 1 aromatic heterocycles. The summed E-state index contributed by atoms with van der Waals surface area (Å²) in [6.07, 6.45) is 0.320. The third-order valence-corrected chi connectivity index (χ3v) is 4.41. The lowest BCUT2D eigenvalue weighted by Gasteiger charge is -2.32. The lowest BCUT2D eigenvalue weighted by atomic mass is 10.1. The number of amides is 2. The fraction of sp³-hybridized carbons (Fsp3) is 0.706. The van der Waals surface area contributed by atoms with E-state index in [4.69, 9.17) is 0 Å². The summed E-state index contributed by atoms with van der Waals surface area (Å²) in [5, 5.41) is 4.41. The van der Waals surface area contributed by atoms with Crippen molar-refractivity contribution in [3.05, 3.63) is 17.5 Å². The molecule has 2 heterocycles. The van der Waals surface area contributed by atoms with E-state index in [1.807, 2.05) is 50.3 Å². The monoisotopic (exact) mass is 320 g/mol. The van der Waals surface area contributed by atoms with Crippen LogP contribution in [0.25, 0.3) is 0 Å². The lowest BCUT2D eigenvalue weighted by molar-refractivity contribution is -0.135. The molecule has 0 aliphatic carbocycles. The van der Waals surface area contributed by atoms with E-state index in [0.29, 0.717) is 26.1 Å². The Hall–Kier alpha value is -1.85. The average Bonchev–Trinajstić information content (AvgIpc) is 2.97. The van der Waals surface area contributed by atoms with E-state index in [0.717, 1.165) is 11.4 Å². The highest BCUT2D eigenvalue weighted by molar-refractivity contribution is 5.89. The molecule has 1 aliphatic heterocycles. The van der Waals surface area contributed by atoms with Crippen LogP contribution in [0.2, 0.25) is 0 Å². The first kappa shape index (κ1) is 17.5. The normalized spacial score (nSPS) is 18.6. The molecule has 0 N–H and O–H groups in total. The van der Waals surface area contributed by atoms with Crippen LogP contribution in [0.4, 0.5) is 0 Å². The molecule has 6 nitrogen and oxygen atoms in total. The molecule has 1 aromatic rings. The maximum atomic E-state index is 12.6. The Morgan fingerprint density at radius 1 is 1.39 bits per heavy atom. The molecule has 1 atom stereocenters. The first-order chi connectivity index (χ1) is 10.6. The number of aromatic nitrogens is 2. The van der Waals surface area contributed by atoms with Crippen LogP contribution in [-0.2, 0) is 16.1 Å². The number of hydrogen-bond acceptors (Lipinski definition) is 3. The molecule has 0 spiro atoms. The van der Waals surface area contributed by atoms with E-state index in [1.165, 1.54) is 0 Å². The highest BCUT2D eigenvalue weighted by Crippen LogP contribution is 2.26. The first-order valence-corrected chi connectivity index (χ1v) is 8.16.